The first-order chi connectivity index (χ1) is 19.7. The van der Waals surface area contributed by atoms with Crippen LogP contribution in [0.2, 0.25) is 0 Å². The van der Waals surface area contributed by atoms with E-state index < -0.39 is 24.3 Å². The second-order valence-corrected chi connectivity index (χ2v) is 9.02. The predicted molar refractivity (Wildman–Crippen MR) is 149 cm³/mol. The van der Waals surface area contributed by atoms with E-state index in [0.717, 1.165) is 11.8 Å². The Balaban J connectivity index is 1.87. The van der Waals surface area contributed by atoms with Gasteiger partial charge in [0.25, 0.3) is 5.91 Å². The van der Waals surface area contributed by atoms with Crippen LogP contribution in [0.25, 0.3) is 11.1 Å². The van der Waals surface area contributed by atoms with Crippen molar-refractivity contribution in [2.75, 3.05) is 44.7 Å². The highest BCUT2D eigenvalue weighted by atomic mass is 32.2. The van der Waals surface area contributed by atoms with Crippen LogP contribution in [0.15, 0.2) is 41.4 Å². The number of rotatable bonds is 11. The zero-order chi connectivity index (χ0) is 30.1. The van der Waals surface area contributed by atoms with Crippen molar-refractivity contribution >= 4 is 41.1 Å². The summed E-state index contributed by atoms with van der Waals surface area (Å²) in [6.07, 6.45) is 0. The molecule has 2 amide bonds. The molecular formula is C27H24N6O7S. The summed E-state index contributed by atoms with van der Waals surface area (Å²) >= 11 is 0.944. The van der Waals surface area contributed by atoms with Crippen LogP contribution in [0.3, 0.4) is 0 Å². The van der Waals surface area contributed by atoms with Gasteiger partial charge < -0.3 is 35.7 Å². The maximum absolute atomic E-state index is 12.7. The highest BCUT2D eigenvalue weighted by Crippen LogP contribution is 2.44. The largest absolute Gasteiger partial charge is 0.493 e. The zero-order valence-corrected chi connectivity index (χ0v) is 22.9. The van der Waals surface area contributed by atoms with Crippen LogP contribution >= 0.6 is 11.8 Å². The summed E-state index contributed by atoms with van der Waals surface area (Å²) in [6, 6.07) is 13.0. The highest BCUT2D eigenvalue weighted by molar-refractivity contribution is 8.00. The summed E-state index contributed by atoms with van der Waals surface area (Å²) in [5.74, 6) is -1.57. The number of carboxylic acids is 1. The number of benzene rings is 2. The first kappa shape index (κ1) is 30.1. The van der Waals surface area contributed by atoms with E-state index in [4.69, 9.17) is 25.1 Å². The number of nitriles is 2. The van der Waals surface area contributed by atoms with Crippen molar-refractivity contribution in [3.8, 4) is 40.5 Å². The molecule has 0 unspecified atom stereocenters. The first-order valence-corrected chi connectivity index (χ1v) is 12.6. The van der Waals surface area contributed by atoms with E-state index in [1.54, 1.807) is 12.1 Å². The minimum absolute atomic E-state index is 0.0274. The Morgan fingerprint density at radius 1 is 1.00 bits per heavy atom. The number of ether oxygens (including phenoxy) is 3. The van der Waals surface area contributed by atoms with Crippen LogP contribution in [0.1, 0.15) is 21.5 Å². The van der Waals surface area contributed by atoms with Crippen molar-refractivity contribution in [1.82, 2.24) is 10.3 Å². The minimum Gasteiger partial charge on any atom is -0.493 e. The number of amides is 2. The Bertz CT molecular complexity index is 1550. The number of nitrogens with two attached hydrogens (primary N) is 1. The summed E-state index contributed by atoms with van der Waals surface area (Å²) in [6.45, 7) is -0.519. The van der Waals surface area contributed by atoms with E-state index in [1.807, 2.05) is 6.07 Å². The number of pyridine rings is 1. The third-order valence-electron chi connectivity index (χ3n) is 5.54. The number of carbonyl (C=O) groups is 3. The lowest BCUT2D eigenvalue weighted by molar-refractivity contribution is -0.135. The molecule has 210 valence electrons. The van der Waals surface area contributed by atoms with E-state index in [0.29, 0.717) is 28.5 Å². The number of nitrogens with zero attached hydrogens (tertiary/aromatic N) is 3. The smallest absolute Gasteiger partial charge is 0.322 e. The van der Waals surface area contributed by atoms with Gasteiger partial charge in [-0.2, -0.15) is 10.5 Å². The summed E-state index contributed by atoms with van der Waals surface area (Å²) in [5.41, 5.74) is 7.27. The molecule has 41 heavy (non-hydrogen) atoms. The summed E-state index contributed by atoms with van der Waals surface area (Å²) in [7, 11) is 4.30. The summed E-state index contributed by atoms with van der Waals surface area (Å²) in [4.78, 5) is 39.4. The number of carbonyl (C=O) groups excluding carboxylic acids is 2. The van der Waals surface area contributed by atoms with Gasteiger partial charge in [0, 0.05) is 16.8 Å². The molecule has 5 N–H and O–H groups in total. The lowest BCUT2D eigenvalue weighted by Gasteiger charge is -2.17. The van der Waals surface area contributed by atoms with Gasteiger partial charge in [0.05, 0.1) is 32.6 Å². The molecule has 1 aromatic heterocycles. The molecule has 0 fully saturated rings. The van der Waals surface area contributed by atoms with Crippen molar-refractivity contribution in [3.05, 3.63) is 53.1 Å². The fourth-order valence-electron chi connectivity index (χ4n) is 3.71. The van der Waals surface area contributed by atoms with E-state index in [-0.39, 0.29) is 38.9 Å². The van der Waals surface area contributed by atoms with E-state index in [9.17, 15) is 24.9 Å². The van der Waals surface area contributed by atoms with Crippen molar-refractivity contribution in [2.24, 2.45) is 0 Å². The normalized spacial score (nSPS) is 10.1. The van der Waals surface area contributed by atoms with Crippen LogP contribution in [0.5, 0.6) is 17.2 Å². The third kappa shape index (κ3) is 6.95. The summed E-state index contributed by atoms with van der Waals surface area (Å²) < 4.78 is 16.2. The third-order valence-corrected chi connectivity index (χ3v) is 6.52. The number of thioether (sulfide) groups is 1. The number of methoxy groups -OCH3 is 3. The van der Waals surface area contributed by atoms with Crippen molar-refractivity contribution < 1.29 is 33.7 Å². The number of nitrogen functional groups attached to an aromatic ring is 1. The maximum Gasteiger partial charge on any atom is 0.322 e. The predicted octanol–water partition coefficient (Wildman–Crippen LogP) is 2.65. The monoisotopic (exact) mass is 576 g/mol. The number of aromatic nitrogens is 1. The number of anilines is 2. The maximum atomic E-state index is 12.7. The lowest BCUT2D eigenvalue weighted by atomic mass is 9.96. The Hall–Kier alpha value is -5.47. The summed E-state index contributed by atoms with van der Waals surface area (Å²) in [5, 5.41) is 33.6. The quantitative estimate of drug-likeness (QED) is 0.243. The van der Waals surface area contributed by atoms with Crippen molar-refractivity contribution in [1.29, 1.82) is 10.5 Å². The molecule has 0 saturated carbocycles. The SMILES string of the molecule is COc1cc(-c2c(C#N)c(N)nc(SCC(=O)Nc3ccc(C(=O)NCC(=O)O)cc3)c2C#N)cc(OC)c1OC. The molecule has 0 atom stereocenters. The van der Waals surface area contributed by atoms with Crippen LogP contribution in [0.4, 0.5) is 11.5 Å². The molecule has 1 heterocycles. The number of nitrogens with one attached hydrogen (secondary N) is 2. The molecule has 0 aliphatic rings. The van der Waals surface area contributed by atoms with Gasteiger partial charge in [0.15, 0.2) is 11.5 Å². The minimum atomic E-state index is -1.17. The second kappa shape index (κ2) is 13.5. The fraction of sp³-hybridized carbons (Fsp3) is 0.185. The van der Waals surface area contributed by atoms with Crippen molar-refractivity contribution in [2.45, 2.75) is 5.03 Å². The van der Waals surface area contributed by atoms with Crippen molar-refractivity contribution in [3.63, 3.8) is 0 Å². The number of carboxylic acid groups (broad SMARTS) is 1. The van der Waals surface area contributed by atoms with Gasteiger partial charge in [-0.1, -0.05) is 11.8 Å². The molecule has 13 nitrogen and oxygen atoms in total. The number of aliphatic carboxylic acids is 1. The molecule has 0 spiro atoms. The van der Waals surface area contributed by atoms with Gasteiger partial charge in [-0.05, 0) is 42.0 Å². The molecule has 0 radical (unpaired) electrons. The average molecular weight is 577 g/mol. The first-order valence-electron chi connectivity index (χ1n) is 11.6. The molecular weight excluding hydrogens is 552 g/mol. The van der Waals surface area contributed by atoms with Gasteiger partial charge in [-0.15, -0.1) is 0 Å². The molecule has 3 rings (SSSR count). The Morgan fingerprint density at radius 3 is 2.12 bits per heavy atom. The van der Waals surface area contributed by atoms with Crippen LogP contribution < -0.4 is 30.6 Å². The molecule has 3 aromatic rings. The Kier molecular flexibility index (Phi) is 9.94. The molecule has 0 aliphatic heterocycles. The molecule has 0 aliphatic carbocycles. The molecule has 2 aromatic carbocycles. The highest BCUT2D eigenvalue weighted by Gasteiger charge is 2.24. The number of hydrogen-bond donors (Lipinski definition) is 4. The van der Waals surface area contributed by atoms with Crippen LogP contribution in [-0.2, 0) is 9.59 Å². The average Bonchev–Trinajstić information content (AvgIpc) is 2.97. The van der Waals surface area contributed by atoms with Crippen LogP contribution in [-0.4, -0.2) is 61.5 Å². The Morgan fingerprint density at radius 2 is 1.61 bits per heavy atom. The van der Waals surface area contributed by atoms with E-state index >= 15 is 0 Å². The topological polar surface area (TPSA) is 210 Å². The Labute approximate surface area is 238 Å². The lowest BCUT2D eigenvalue weighted by Crippen LogP contribution is -2.29. The van der Waals surface area contributed by atoms with Gasteiger partial charge in [0.1, 0.15) is 35.1 Å². The van der Waals surface area contributed by atoms with Gasteiger partial charge in [0.2, 0.25) is 11.7 Å². The van der Waals surface area contributed by atoms with Crippen LogP contribution in [0, 0.1) is 22.7 Å². The van der Waals surface area contributed by atoms with Gasteiger partial charge in [-0.25, -0.2) is 4.98 Å². The molecule has 0 saturated heterocycles. The van der Waals surface area contributed by atoms with E-state index in [1.165, 1.54) is 45.6 Å². The van der Waals surface area contributed by atoms with Gasteiger partial charge in [-0.3, -0.25) is 14.4 Å². The van der Waals surface area contributed by atoms with Gasteiger partial charge >= 0.3 is 5.97 Å². The zero-order valence-electron chi connectivity index (χ0n) is 22.1. The second-order valence-electron chi connectivity index (χ2n) is 8.06. The molecule has 14 heteroatoms. The number of hydrogen-bond acceptors (Lipinski definition) is 11. The van der Waals surface area contributed by atoms with E-state index in [2.05, 4.69) is 21.7 Å². The fourth-order valence-corrected chi connectivity index (χ4v) is 4.51. The standard InChI is InChI=1S/C27H24N6O7S/c1-38-19-8-15(9-20(39-2)24(19)40-3)23-17(10-28)25(30)33-27(18(23)11-29)41-13-21(34)32-16-6-4-14(5-7-16)26(37)31-12-22(35)36/h4-9H,12-13H2,1-3H3,(H2,30,33)(H,31,37)(H,32,34)(H,35,36). The molecule has 0 bridgehead atoms.